The van der Waals surface area contributed by atoms with Crippen molar-refractivity contribution in [3.8, 4) is 0 Å². The Balaban J connectivity index is 2.33. The van der Waals surface area contributed by atoms with Crippen LogP contribution in [0.2, 0.25) is 0 Å². The van der Waals surface area contributed by atoms with E-state index in [0.717, 1.165) is 6.42 Å². The van der Waals surface area contributed by atoms with Crippen LogP contribution in [0.3, 0.4) is 0 Å². The molecule has 0 aromatic heterocycles. The van der Waals surface area contributed by atoms with Crippen LogP contribution in [0.15, 0.2) is 0 Å². The van der Waals surface area contributed by atoms with Crippen LogP contribution in [-0.2, 0) is 14.3 Å². The molecule has 1 atom stereocenters. The van der Waals surface area contributed by atoms with Crippen LogP contribution in [0.4, 0.5) is 0 Å². The number of hydrogen-bond donors (Lipinski definition) is 1. The summed E-state index contributed by atoms with van der Waals surface area (Å²) in [6, 6.07) is 0. The van der Waals surface area contributed by atoms with Gasteiger partial charge in [-0.15, -0.1) is 0 Å². The van der Waals surface area contributed by atoms with Crippen molar-refractivity contribution in [2.75, 3.05) is 26.3 Å². The molecule has 19 heavy (non-hydrogen) atoms. The zero-order valence-corrected chi connectivity index (χ0v) is 12.5. The molecule has 2 amide bonds. The average Bonchev–Trinajstić information content (AvgIpc) is 2.70. The summed E-state index contributed by atoms with van der Waals surface area (Å²) < 4.78 is 5.21. The molecule has 0 saturated carbocycles. The highest BCUT2D eigenvalue weighted by atomic mass is 16.5. The van der Waals surface area contributed by atoms with E-state index in [1.807, 2.05) is 27.7 Å². The van der Waals surface area contributed by atoms with E-state index in [1.54, 1.807) is 4.90 Å². The van der Waals surface area contributed by atoms with Gasteiger partial charge in [0.25, 0.3) is 0 Å². The fourth-order valence-electron chi connectivity index (χ4n) is 2.21. The van der Waals surface area contributed by atoms with Gasteiger partial charge in [-0.2, -0.15) is 0 Å². The molecule has 0 bridgehead atoms. The van der Waals surface area contributed by atoms with E-state index < -0.39 is 0 Å². The second kappa shape index (κ2) is 6.89. The molecule has 5 nitrogen and oxygen atoms in total. The Morgan fingerprint density at radius 1 is 1.47 bits per heavy atom. The smallest absolute Gasteiger partial charge is 0.225 e. The molecule has 110 valence electrons. The molecule has 1 unspecified atom stereocenters. The number of ether oxygens (including phenoxy) is 1. The van der Waals surface area contributed by atoms with Crippen LogP contribution in [0.25, 0.3) is 0 Å². The van der Waals surface area contributed by atoms with Crippen molar-refractivity contribution in [2.45, 2.75) is 46.1 Å². The number of nitrogens with one attached hydrogen (secondary N) is 1. The minimum absolute atomic E-state index is 0.0170. The zero-order valence-electron chi connectivity index (χ0n) is 12.5. The Bertz CT molecular complexity index is 323. The SMILES string of the molecule is CCOCCCNC(=O)C1CC(=O)N(C(C)(C)C)C1. The number of likely N-dealkylation sites (tertiary alicyclic amines) is 1. The second-order valence-electron chi connectivity index (χ2n) is 5.92. The Morgan fingerprint density at radius 2 is 2.16 bits per heavy atom. The van der Waals surface area contributed by atoms with Crippen molar-refractivity contribution in [3.05, 3.63) is 0 Å². The van der Waals surface area contributed by atoms with Crippen LogP contribution in [0.1, 0.15) is 40.5 Å². The maximum absolute atomic E-state index is 12.0. The molecule has 1 aliphatic heterocycles. The maximum atomic E-state index is 12.0. The fraction of sp³-hybridized carbons (Fsp3) is 0.857. The summed E-state index contributed by atoms with van der Waals surface area (Å²) in [7, 11) is 0. The standard InChI is InChI=1S/C14H26N2O3/c1-5-19-8-6-7-15-13(18)11-9-12(17)16(10-11)14(2,3)4/h11H,5-10H2,1-4H3,(H,15,18). The number of hydrogen-bond acceptors (Lipinski definition) is 3. The van der Waals surface area contributed by atoms with Gasteiger partial charge in [0, 0.05) is 38.3 Å². The highest BCUT2D eigenvalue weighted by Gasteiger charge is 2.39. The first-order chi connectivity index (χ1) is 8.86. The van der Waals surface area contributed by atoms with Gasteiger partial charge >= 0.3 is 0 Å². The summed E-state index contributed by atoms with van der Waals surface area (Å²) in [6.45, 7) is 10.4. The fourth-order valence-corrected chi connectivity index (χ4v) is 2.21. The van der Waals surface area contributed by atoms with Gasteiger partial charge in [0.2, 0.25) is 11.8 Å². The van der Waals surface area contributed by atoms with Gasteiger partial charge in [-0.1, -0.05) is 0 Å². The van der Waals surface area contributed by atoms with E-state index >= 15 is 0 Å². The molecule has 0 aromatic rings. The largest absolute Gasteiger partial charge is 0.382 e. The number of nitrogens with zero attached hydrogens (tertiary/aromatic N) is 1. The van der Waals surface area contributed by atoms with Gasteiger partial charge in [0.15, 0.2) is 0 Å². The maximum Gasteiger partial charge on any atom is 0.225 e. The first-order valence-electron chi connectivity index (χ1n) is 7.02. The van der Waals surface area contributed by atoms with Crippen molar-refractivity contribution in [3.63, 3.8) is 0 Å². The molecule has 0 radical (unpaired) electrons. The Hall–Kier alpha value is -1.10. The molecule has 0 spiro atoms. The zero-order chi connectivity index (χ0) is 14.5. The lowest BCUT2D eigenvalue weighted by atomic mass is 10.1. The van der Waals surface area contributed by atoms with Crippen molar-refractivity contribution in [1.29, 1.82) is 0 Å². The molecular weight excluding hydrogens is 244 g/mol. The quantitative estimate of drug-likeness (QED) is 0.737. The van der Waals surface area contributed by atoms with Gasteiger partial charge in [0.1, 0.15) is 0 Å². The lowest BCUT2D eigenvalue weighted by molar-refractivity contribution is -0.132. The van der Waals surface area contributed by atoms with Crippen molar-refractivity contribution >= 4 is 11.8 Å². The molecule has 0 aromatic carbocycles. The molecule has 1 rings (SSSR count). The van der Waals surface area contributed by atoms with Gasteiger partial charge in [0.05, 0.1) is 5.92 Å². The molecule has 0 aliphatic carbocycles. The van der Waals surface area contributed by atoms with Crippen LogP contribution < -0.4 is 5.32 Å². The van der Waals surface area contributed by atoms with Gasteiger partial charge in [-0.05, 0) is 34.1 Å². The second-order valence-corrected chi connectivity index (χ2v) is 5.92. The molecular formula is C14H26N2O3. The summed E-state index contributed by atoms with van der Waals surface area (Å²) in [4.78, 5) is 25.6. The minimum atomic E-state index is -0.209. The highest BCUT2D eigenvalue weighted by Crippen LogP contribution is 2.25. The van der Waals surface area contributed by atoms with Crippen molar-refractivity contribution < 1.29 is 14.3 Å². The Kier molecular flexibility index (Phi) is 5.79. The lowest BCUT2D eigenvalue weighted by Crippen LogP contribution is -2.43. The predicted molar refractivity (Wildman–Crippen MR) is 73.7 cm³/mol. The molecule has 5 heteroatoms. The first kappa shape index (κ1) is 16.0. The summed E-state index contributed by atoms with van der Waals surface area (Å²) in [5.74, 6) is -0.155. The molecule has 1 saturated heterocycles. The van der Waals surface area contributed by atoms with Crippen LogP contribution in [0.5, 0.6) is 0 Å². The topological polar surface area (TPSA) is 58.6 Å². The van der Waals surface area contributed by atoms with Crippen LogP contribution >= 0.6 is 0 Å². The van der Waals surface area contributed by atoms with E-state index in [1.165, 1.54) is 0 Å². The first-order valence-corrected chi connectivity index (χ1v) is 7.02. The van der Waals surface area contributed by atoms with E-state index in [9.17, 15) is 9.59 Å². The normalized spacial score (nSPS) is 19.9. The summed E-state index contributed by atoms with van der Waals surface area (Å²) >= 11 is 0. The van der Waals surface area contributed by atoms with E-state index in [0.29, 0.717) is 32.7 Å². The third kappa shape index (κ3) is 4.82. The Labute approximate surface area is 115 Å². The predicted octanol–water partition coefficient (Wildman–Crippen LogP) is 1.18. The summed E-state index contributed by atoms with van der Waals surface area (Å²) in [6.07, 6.45) is 1.14. The lowest BCUT2D eigenvalue weighted by Gasteiger charge is -2.31. The van der Waals surface area contributed by atoms with Crippen molar-refractivity contribution in [2.24, 2.45) is 5.92 Å². The van der Waals surface area contributed by atoms with Gasteiger partial charge in [-0.25, -0.2) is 0 Å². The molecule has 1 aliphatic rings. The van der Waals surface area contributed by atoms with Crippen molar-refractivity contribution in [1.82, 2.24) is 10.2 Å². The number of rotatable bonds is 6. The highest BCUT2D eigenvalue weighted by molar-refractivity contribution is 5.89. The summed E-state index contributed by atoms with van der Waals surface area (Å²) in [5.41, 5.74) is -0.207. The molecule has 1 heterocycles. The van der Waals surface area contributed by atoms with E-state index in [4.69, 9.17) is 4.74 Å². The van der Waals surface area contributed by atoms with E-state index in [2.05, 4.69) is 5.32 Å². The van der Waals surface area contributed by atoms with Crippen LogP contribution in [-0.4, -0.2) is 48.6 Å². The third-order valence-corrected chi connectivity index (χ3v) is 3.27. The number of amides is 2. The Morgan fingerprint density at radius 3 is 2.68 bits per heavy atom. The molecule has 1 N–H and O–H groups in total. The number of carbonyl (C=O) groups is 2. The number of carbonyl (C=O) groups excluding carboxylic acids is 2. The minimum Gasteiger partial charge on any atom is -0.382 e. The summed E-state index contributed by atoms with van der Waals surface area (Å²) in [5, 5.41) is 2.88. The van der Waals surface area contributed by atoms with Gasteiger partial charge < -0.3 is 15.0 Å². The van der Waals surface area contributed by atoms with Gasteiger partial charge in [-0.3, -0.25) is 9.59 Å². The van der Waals surface area contributed by atoms with E-state index in [-0.39, 0.29) is 23.3 Å². The monoisotopic (exact) mass is 270 g/mol. The third-order valence-electron chi connectivity index (χ3n) is 3.27. The van der Waals surface area contributed by atoms with Crippen LogP contribution in [0, 0.1) is 5.92 Å². The molecule has 1 fully saturated rings. The average molecular weight is 270 g/mol.